The highest BCUT2D eigenvalue weighted by molar-refractivity contribution is 5.61. The highest BCUT2D eigenvalue weighted by Gasteiger charge is 2.64. The molecule has 9 nitrogen and oxygen atoms in total. The Bertz CT molecular complexity index is 1320. The Balaban J connectivity index is 1.57. The Morgan fingerprint density at radius 3 is 2.41 bits per heavy atom. The van der Waals surface area contributed by atoms with Crippen molar-refractivity contribution in [3.8, 4) is 28.7 Å². The number of ether oxygens (including phenoxy) is 7. The van der Waals surface area contributed by atoms with Gasteiger partial charge in [0.25, 0.3) is 0 Å². The number of fused-ring (bicyclic) bond motifs is 6. The first-order chi connectivity index (χ1) is 18.5. The largest absolute Gasteiger partial charge is 0.493 e. The van der Waals surface area contributed by atoms with E-state index < -0.39 is 35.8 Å². The summed E-state index contributed by atoms with van der Waals surface area (Å²) >= 11 is 0. The maximum Gasteiger partial charge on any atom is 0.245 e. The van der Waals surface area contributed by atoms with Crippen molar-refractivity contribution < 1.29 is 43.4 Å². The van der Waals surface area contributed by atoms with Gasteiger partial charge in [0.1, 0.15) is 47.8 Å². The van der Waals surface area contributed by atoms with Crippen LogP contribution in [-0.2, 0) is 21.5 Å². The predicted octanol–water partition coefficient (Wildman–Crippen LogP) is 3.81. The summed E-state index contributed by atoms with van der Waals surface area (Å²) < 4.78 is 42.3. The van der Waals surface area contributed by atoms with Gasteiger partial charge in [0.15, 0.2) is 11.5 Å². The van der Waals surface area contributed by atoms with Crippen LogP contribution in [0.5, 0.6) is 28.7 Å². The molecule has 2 aromatic carbocycles. The van der Waals surface area contributed by atoms with E-state index in [1.54, 1.807) is 27.2 Å². The fourth-order valence-corrected chi connectivity index (χ4v) is 6.37. The minimum absolute atomic E-state index is 0.158. The van der Waals surface area contributed by atoms with Gasteiger partial charge in [-0.25, -0.2) is 0 Å². The van der Waals surface area contributed by atoms with Gasteiger partial charge < -0.3 is 43.4 Å². The maximum absolute atomic E-state index is 11.3. The Hall–Kier alpha value is -2.98. The first-order valence-electron chi connectivity index (χ1n) is 13.3. The minimum atomic E-state index is -1.80. The minimum Gasteiger partial charge on any atom is -0.493 e. The van der Waals surface area contributed by atoms with Gasteiger partial charge in [-0.2, -0.15) is 0 Å². The van der Waals surface area contributed by atoms with E-state index in [1.165, 1.54) is 0 Å². The molecule has 0 aromatic heterocycles. The van der Waals surface area contributed by atoms with E-state index in [0.717, 1.165) is 28.0 Å². The summed E-state index contributed by atoms with van der Waals surface area (Å²) in [6, 6.07) is 7.54. The smallest absolute Gasteiger partial charge is 0.245 e. The summed E-state index contributed by atoms with van der Waals surface area (Å²) in [7, 11) is 3.16. The van der Waals surface area contributed by atoms with Gasteiger partial charge in [0.05, 0.1) is 20.1 Å². The van der Waals surface area contributed by atoms with E-state index in [1.807, 2.05) is 39.0 Å². The molecule has 1 saturated heterocycles. The first kappa shape index (κ1) is 26.3. The maximum atomic E-state index is 11.3. The van der Waals surface area contributed by atoms with Gasteiger partial charge in [-0.05, 0) is 43.5 Å². The topological polar surface area (TPSA) is 108 Å². The molecule has 0 aliphatic carbocycles. The number of hydrogen-bond acceptors (Lipinski definition) is 9. The molecule has 2 N–H and O–H groups in total. The van der Waals surface area contributed by atoms with Crippen molar-refractivity contribution in [1.29, 1.82) is 0 Å². The standard InChI is InChI=1S/C30H36O9/c1-14(2)21-11-18-20(36-21)9-8-19-27(18)37-25-13-35-22-12-24(34-7)23(33-6)10-17(22)26(25)29(19,15(3)4)39-28(31)30(32)16(5)38-30/h8-10,12,15-16,21,25-26,28,31-32H,1,11,13H2,2-7H3/t16-,21+,25+,26-,28-,29-,30-/m0/s1. The van der Waals surface area contributed by atoms with E-state index in [0.29, 0.717) is 29.4 Å². The summed E-state index contributed by atoms with van der Waals surface area (Å²) in [5.41, 5.74) is 2.27. The Morgan fingerprint density at radius 2 is 1.79 bits per heavy atom. The van der Waals surface area contributed by atoms with Gasteiger partial charge in [-0.15, -0.1) is 0 Å². The zero-order chi connectivity index (χ0) is 27.9. The molecular weight excluding hydrogens is 504 g/mol. The SMILES string of the molecule is C=C(C)[C@H]1Cc2c(ccc3c2O[C@@H]2COc4cc(OC)c(OC)cc4[C@@H]2[C@]3(O[C@H](O)[C@@]2(O)O[C@H]2C)C(C)C)O1. The fourth-order valence-electron chi connectivity index (χ4n) is 6.37. The van der Waals surface area contributed by atoms with Crippen molar-refractivity contribution in [2.24, 2.45) is 5.92 Å². The van der Waals surface area contributed by atoms with Crippen molar-refractivity contribution in [2.45, 2.75) is 76.0 Å². The molecule has 0 amide bonds. The van der Waals surface area contributed by atoms with Crippen LogP contribution in [-0.4, -0.2) is 61.4 Å². The van der Waals surface area contributed by atoms with Gasteiger partial charge in [-0.1, -0.05) is 20.4 Å². The lowest BCUT2D eigenvalue weighted by atomic mass is 9.65. The van der Waals surface area contributed by atoms with Crippen molar-refractivity contribution >= 4 is 0 Å². The number of rotatable bonds is 7. The van der Waals surface area contributed by atoms with Crippen LogP contribution in [0.2, 0.25) is 0 Å². The molecule has 4 heterocycles. The summed E-state index contributed by atoms with van der Waals surface area (Å²) in [4.78, 5) is 0. The number of methoxy groups -OCH3 is 2. The first-order valence-corrected chi connectivity index (χ1v) is 13.3. The lowest BCUT2D eigenvalue weighted by molar-refractivity contribution is -0.288. The Kier molecular flexibility index (Phi) is 6.07. The number of aliphatic hydroxyl groups is 2. The van der Waals surface area contributed by atoms with E-state index >= 15 is 0 Å². The molecule has 9 heteroatoms. The average molecular weight is 541 g/mol. The fraction of sp³-hybridized carbons (Fsp3) is 0.533. The van der Waals surface area contributed by atoms with E-state index in [-0.39, 0.29) is 18.6 Å². The van der Waals surface area contributed by atoms with Crippen LogP contribution in [0.4, 0.5) is 0 Å². The Morgan fingerprint density at radius 1 is 1.10 bits per heavy atom. The number of hydrogen-bond donors (Lipinski definition) is 2. The van der Waals surface area contributed by atoms with E-state index in [9.17, 15) is 10.2 Å². The zero-order valence-corrected chi connectivity index (χ0v) is 23.1. The third-order valence-corrected chi connectivity index (χ3v) is 8.61. The molecule has 0 spiro atoms. The number of epoxide rings is 1. The predicted molar refractivity (Wildman–Crippen MR) is 141 cm³/mol. The van der Waals surface area contributed by atoms with Crippen molar-refractivity contribution in [1.82, 2.24) is 0 Å². The summed E-state index contributed by atoms with van der Waals surface area (Å²) in [6.45, 7) is 12.0. The van der Waals surface area contributed by atoms with Crippen LogP contribution in [0.15, 0.2) is 36.4 Å². The molecule has 4 aliphatic heterocycles. The van der Waals surface area contributed by atoms with Gasteiger partial charge in [0.2, 0.25) is 12.1 Å². The molecule has 6 rings (SSSR count). The van der Waals surface area contributed by atoms with Crippen LogP contribution < -0.4 is 23.7 Å². The van der Waals surface area contributed by atoms with Crippen molar-refractivity contribution in [3.05, 3.63) is 53.1 Å². The number of aliphatic hydroxyl groups excluding tert-OH is 1. The van der Waals surface area contributed by atoms with Gasteiger partial charge >= 0.3 is 0 Å². The van der Waals surface area contributed by atoms with Crippen LogP contribution in [0.1, 0.15) is 50.3 Å². The second-order valence-corrected chi connectivity index (χ2v) is 11.2. The summed E-state index contributed by atoms with van der Waals surface area (Å²) in [5, 5.41) is 22.2. The third kappa shape index (κ3) is 3.74. The number of benzene rings is 2. The molecular formula is C30H36O9. The molecule has 0 unspecified atom stereocenters. The van der Waals surface area contributed by atoms with Crippen LogP contribution in [0.25, 0.3) is 0 Å². The normalized spacial score (nSPS) is 32.4. The summed E-state index contributed by atoms with van der Waals surface area (Å²) in [6.07, 6.45) is -2.20. The molecule has 0 bridgehead atoms. The quantitative estimate of drug-likeness (QED) is 0.308. The monoisotopic (exact) mass is 540 g/mol. The molecule has 39 heavy (non-hydrogen) atoms. The lowest BCUT2D eigenvalue weighted by Crippen LogP contribution is -2.57. The highest BCUT2D eigenvalue weighted by Crippen LogP contribution is 2.61. The highest BCUT2D eigenvalue weighted by atomic mass is 16.8. The molecule has 0 saturated carbocycles. The average Bonchev–Trinajstić information content (AvgIpc) is 3.32. The molecule has 0 radical (unpaired) electrons. The Labute approximate surface area is 228 Å². The molecule has 7 atom stereocenters. The van der Waals surface area contributed by atoms with Crippen LogP contribution in [0, 0.1) is 5.92 Å². The van der Waals surface area contributed by atoms with E-state index in [2.05, 4.69) is 6.58 Å². The second kappa shape index (κ2) is 9.02. The van der Waals surface area contributed by atoms with Crippen molar-refractivity contribution in [3.63, 3.8) is 0 Å². The van der Waals surface area contributed by atoms with Gasteiger partial charge in [0, 0.05) is 29.2 Å². The third-order valence-electron chi connectivity index (χ3n) is 8.61. The lowest BCUT2D eigenvalue weighted by Gasteiger charge is -2.53. The second-order valence-electron chi connectivity index (χ2n) is 11.2. The van der Waals surface area contributed by atoms with Crippen LogP contribution in [0.3, 0.4) is 0 Å². The van der Waals surface area contributed by atoms with Crippen molar-refractivity contribution in [2.75, 3.05) is 20.8 Å². The van der Waals surface area contributed by atoms with Gasteiger partial charge in [-0.3, -0.25) is 0 Å². The molecule has 2 aromatic rings. The van der Waals surface area contributed by atoms with E-state index in [4.69, 9.17) is 33.2 Å². The molecule has 1 fully saturated rings. The zero-order valence-electron chi connectivity index (χ0n) is 23.1. The van der Waals surface area contributed by atoms with Crippen LogP contribution >= 0.6 is 0 Å². The summed E-state index contributed by atoms with van der Waals surface area (Å²) in [5.74, 6) is 0.668. The molecule has 210 valence electrons. The molecule has 4 aliphatic rings.